The molecule has 0 saturated carbocycles. The maximum absolute atomic E-state index is 6.08. The van der Waals surface area contributed by atoms with Crippen molar-refractivity contribution in [1.29, 1.82) is 0 Å². The van der Waals surface area contributed by atoms with E-state index in [9.17, 15) is 0 Å². The predicted octanol–water partition coefficient (Wildman–Crippen LogP) is 3.69. The lowest BCUT2D eigenvalue weighted by Gasteiger charge is -2.11. The molecule has 0 aliphatic heterocycles. The molecule has 2 N–H and O–H groups in total. The van der Waals surface area contributed by atoms with Crippen molar-refractivity contribution in [3.63, 3.8) is 0 Å². The lowest BCUT2D eigenvalue weighted by atomic mass is 10.1. The van der Waals surface area contributed by atoms with Crippen LogP contribution in [-0.4, -0.2) is 9.55 Å². The van der Waals surface area contributed by atoms with Crippen molar-refractivity contribution in [3.8, 4) is 0 Å². The first kappa shape index (κ1) is 13.8. The fourth-order valence-electron chi connectivity index (χ4n) is 2.76. The molecule has 0 aliphatic rings. The van der Waals surface area contributed by atoms with Gasteiger partial charge in [-0.15, -0.1) is 0 Å². The van der Waals surface area contributed by atoms with Gasteiger partial charge in [0.2, 0.25) is 0 Å². The van der Waals surface area contributed by atoms with Gasteiger partial charge in [0.25, 0.3) is 0 Å². The van der Waals surface area contributed by atoms with Gasteiger partial charge in [-0.25, -0.2) is 4.98 Å². The summed E-state index contributed by atoms with van der Waals surface area (Å²) >= 11 is 0. The van der Waals surface area contributed by atoms with Gasteiger partial charge in [0.15, 0.2) is 0 Å². The van der Waals surface area contributed by atoms with E-state index in [0.29, 0.717) is 0 Å². The monoisotopic (exact) mass is 279 g/mol. The van der Waals surface area contributed by atoms with Crippen molar-refractivity contribution < 1.29 is 0 Å². The van der Waals surface area contributed by atoms with Crippen molar-refractivity contribution in [3.05, 3.63) is 66.0 Å². The third-order valence-corrected chi connectivity index (χ3v) is 3.78. The summed E-state index contributed by atoms with van der Waals surface area (Å²) in [4.78, 5) is 4.68. The van der Waals surface area contributed by atoms with Crippen molar-refractivity contribution in [1.82, 2.24) is 9.55 Å². The summed E-state index contributed by atoms with van der Waals surface area (Å²) in [6, 6.07) is 18.8. The highest BCUT2D eigenvalue weighted by Crippen LogP contribution is 2.20. The molecule has 1 atom stereocenters. The summed E-state index contributed by atoms with van der Waals surface area (Å²) < 4.78 is 2.27. The maximum Gasteiger partial charge on any atom is 0.126 e. The van der Waals surface area contributed by atoms with Gasteiger partial charge in [-0.1, -0.05) is 42.5 Å². The molecule has 3 rings (SSSR count). The number of hydrogen-bond donors (Lipinski definition) is 1. The number of rotatable bonds is 5. The van der Waals surface area contributed by atoms with E-state index in [2.05, 4.69) is 58.1 Å². The van der Waals surface area contributed by atoms with Gasteiger partial charge in [-0.2, -0.15) is 0 Å². The van der Waals surface area contributed by atoms with E-state index < -0.39 is 0 Å². The molecule has 0 bridgehead atoms. The van der Waals surface area contributed by atoms with Gasteiger partial charge in [-0.05, 0) is 37.5 Å². The summed E-state index contributed by atoms with van der Waals surface area (Å²) in [5.41, 5.74) is 9.67. The van der Waals surface area contributed by atoms with Crippen LogP contribution in [0.4, 0.5) is 0 Å². The Morgan fingerprint density at radius 2 is 1.76 bits per heavy atom. The van der Waals surface area contributed by atoms with Crippen LogP contribution in [0, 0.1) is 0 Å². The van der Waals surface area contributed by atoms with Crippen LogP contribution in [0.15, 0.2) is 54.6 Å². The molecule has 3 heteroatoms. The van der Waals surface area contributed by atoms with Crippen LogP contribution in [0.25, 0.3) is 11.0 Å². The molecule has 0 radical (unpaired) electrons. The zero-order valence-corrected chi connectivity index (χ0v) is 12.4. The fourth-order valence-corrected chi connectivity index (χ4v) is 2.76. The van der Waals surface area contributed by atoms with E-state index in [4.69, 9.17) is 5.73 Å². The molecule has 0 aliphatic carbocycles. The van der Waals surface area contributed by atoms with Crippen LogP contribution in [0.3, 0.4) is 0 Å². The lowest BCUT2D eigenvalue weighted by Crippen LogP contribution is -2.14. The number of nitrogens with zero attached hydrogens (tertiary/aromatic N) is 2. The molecular weight excluding hydrogens is 258 g/mol. The van der Waals surface area contributed by atoms with Gasteiger partial charge < -0.3 is 10.3 Å². The summed E-state index contributed by atoms with van der Waals surface area (Å²) in [6.07, 6.45) is 2.16. The second-order valence-electron chi connectivity index (χ2n) is 5.49. The Morgan fingerprint density at radius 1 is 1.05 bits per heavy atom. The highest BCUT2D eigenvalue weighted by Gasteiger charge is 2.13. The average molecular weight is 279 g/mol. The normalized spacial score (nSPS) is 12.7. The number of hydrogen-bond acceptors (Lipinski definition) is 2. The maximum atomic E-state index is 6.08. The number of nitrogens with two attached hydrogens (primary N) is 1. The lowest BCUT2D eigenvalue weighted by molar-refractivity contribution is 0.594. The third kappa shape index (κ3) is 2.98. The molecule has 1 aromatic heterocycles. The van der Waals surface area contributed by atoms with Crippen molar-refractivity contribution in [2.75, 3.05) is 0 Å². The minimum atomic E-state index is -0.0471. The van der Waals surface area contributed by atoms with Gasteiger partial charge in [0, 0.05) is 6.54 Å². The molecule has 0 amide bonds. The highest BCUT2D eigenvalue weighted by molar-refractivity contribution is 5.76. The first-order chi connectivity index (χ1) is 10.3. The Kier molecular flexibility index (Phi) is 4.02. The van der Waals surface area contributed by atoms with Crippen LogP contribution in [0.1, 0.15) is 30.8 Å². The SMILES string of the molecule is CC(N)c1nc2ccccc2n1CCCc1ccccc1. The highest BCUT2D eigenvalue weighted by atomic mass is 15.1. The Hall–Kier alpha value is -2.13. The molecule has 21 heavy (non-hydrogen) atoms. The average Bonchev–Trinajstić information content (AvgIpc) is 2.88. The number of aryl methyl sites for hydroxylation is 2. The third-order valence-electron chi connectivity index (χ3n) is 3.78. The first-order valence-corrected chi connectivity index (χ1v) is 7.50. The topological polar surface area (TPSA) is 43.8 Å². The molecule has 3 aromatic rings. The van der Waals surface area contributed by atoms with Crippen molar-refractivity contribution in [2.45, 2.75) is 32.4 Å². The van der Waals surface area contributed by atoms with E-state index in [1.54, 1.807) is 0 Å². The molecule has 1 unspecified atom stereocenters. The standard InChI is InChI=1S/C18H21N3/c1-14(19)18-20-16-11-5-6-12-17(16)21(18)13-7-10-15-8-3-2-4-9-15/h2-6,8-9,11-12,14H,7,10,13,19H2,1H3. The van der Waals surface area contributed by atoms with E-state index in [1.165, 1.54) is 11.1 Å². The predicted molar refractivity (Wildman–Crippen MR) is 87.1 cm³/mol. The molecule has 3 nitrogen and oxygen atoms in total. The van der Waals surface area contributed by atoms with Gasteiger partial charge in [0.05, 0.1) is 17.1 Å². The smallest absolute Gasteiger partial charge is 0.126 e. The quantitative estimate of drug-likeness (QED) is 0.774. The zero-order valence-electron chi connectivity index (χ0n) is 12.4. The molecule has 108 valence electrons. The fraction of sp³-hybridized carbons (Fsp3) is 0.278. The molecule has 2 aromatic carbocycles. The number of benzene rings is 2. The van der Waals surface area contributed by atoms with Gasteiger partial charge in [0.1, 0.15) is 5.82 Å². The first-order valence-electron chi connectivity index (χ1n) is 7.50. The summed E-state index contributed by atoms with van der Waals surface area (Å²) in [5.74, 6) is 0.976. The zero-order chi connectivity index (χ0) is 14.7. The Balaban J connectivity index is 1.81. The summed E-state index contributed by atoms with van der Waals surface area (Å²) in [6.45, 7) is 2.95. The van der Waals surface area contributed by atoms with Crippen LogP contribution in [0.5, 0.6) is 0 Å². The number of aromatic nitrogens is 2. The minimum absolute atomic E-state index is 0.0471. The minimum Gasteiger partial charge on any atom is -0.327 e. The summed E-state index contributed by atoms with van der Waals surface area (Å²) in [7, 11) is 0. The van der Waals surface area contributed by atoms with E-state index in [0.717, 1.165) is 30.7 Å². The second kappa shape index (κ2) is 6.10. The van der Waals surface area contributed by atoms with E-state index >= 15 is 0 Å². The van der Waals surface area contributed by atoms with Crippen LogP contribution < -0.4 is 5.73 Å². The number of fused-ring (bicyclic) bond motifs is 1. The van der Waals surface area contributed by atoms with Crippen LogP contribution in [0.2, 0.25) is 0 Å². The number of para-hydroxylation sites is 2. The Bertz CT molecular complexity index is 714. The Labute approximate surface area is 125 Å². The molecular formula is C18H21N3. The van der Waals surface area contributed by atoms with Crippen LogP contribution in [-0.2, 0) is 13.0 Å². The number of imidazole rings is 1. The second-order valence-corrected chi connectivity index (χ2v) is 5.49. The van der Waals surface area contributed by atoms with E-state index in [-0.39, 0.29) is 6.04 Å². The summed E-state index contributed by atoms with van der Waals surface area (Å²) in [5, 5.41) is 0. The van der Waals surface area contributed by atoms with Gasteiger partial charge >= 0.3 is 0 Å². The van der Waals surface area contributed by atoms with E-state index in [1.807, 2.05) is 13.0 Å². The largest absolute Gasteiger partial charge is 0.327 e. The van der Waals surface area contributed by atoms with Crippen molar-refractivity contribution in [2.24, 2.45) is 5.73 Å². The molecule has 1 heterocycles. The molecule has 0 spiro atoms. The Morgan fingerprint density at radius 3 is 2.52 bits per heavy atom. The molecule has 0 saturated heterocycles. The van der Waals surface area contributed by atoms with Gasteiger partial charge in [-0.3, -0.25) is 0 Å². The molecule has 0 fully saturated rings. The van der Waals surface area contributed by atoms with Crippen LogP contribution >= 0.6 is 0 Å². The van der Waals surface area contributed by atoms with Crippen molar-refractivity contribution >= 4 is 11.0 Å².